The summed E-state index contributed by atoms with van der Waals surface area (Å²) in [5.74, 6) is -0.956. The molecule has 2 rings (SSSR count). The van der Waals surface area contributed by atoms with Gasteiger partial charge in [-0.3, -0.25) is 20.4 Å². The number of carbonyl (C=O) groups is 3. The van der Waals surface area contributed by atoms with Gasteiger partial charge in [-0.1, -0.05) is 31.2 Å². The molecule has 4 N–H and O–H groups in total. The van der Waals surface area contributed by atoms with Gasteiger partial charge in [-0.2, -0.15) is 0 Å². The number of rotatable bonds is 5. The van der Waals surface area contributed by atoms with Crippen molar-refractivity contribution < 1.29 is 14.4 Å². The number of hydrazine groups is 1. The molecule has 4 amide bonds. The van der Waals surface area contributed by atoms with Crippen LogP contribution < -0.4 is 21.5 Å². The van der Waals surface area contributed by atoms with Crippen LogP contribution in [0, 0.1) is 0 Å². The smallest absolute Gasteiger partial charge is 0.319 e. The summed E-state index contributed by atoms with van der Waals surface area (Å²) in [7, 11) is 0. The van der Waals surface area contributed by atoms with Crippen molar-refractivity contribution in [2.24, 2.45) is 0 Å². The highest BCUT2D eigenvalue weighted by molar-refractivity contribution is 6.04. The first-order valence-electron chi connectivity index (χ1n) is 8.77. The molecular weight excluding hydrogens is 344 g/mol. The van der Waals surface area contributed by atoms with E-state index in [4.69, 9.17) is 0 Å². The van der Waals surface area contributed by atoms with Crippen LogP contribution >= 0.6 is 0 Å². The van der Waals surface area contributed by atoms with Gasteiger partial charge in [0, 0.05) is 11.6 Å². The molecule has 0 saturated heterocycles. The fourth-order valence-corrected chi connectivity index (χ4v) is 2.36. The molecule has 0 heterocycles. The van der Waals surface area contributed by atoms with Gasteiger partial charge < -0.3 is 10.6 Å². The summed E-state index contributed by atoms with van der Waals surface area (Å²) < 4.78 is 0. The number of carbonyl (C=O) groups excluding carboxylic acids is 3. The van der Waals surface area contributed by atoms with E-state index >= 15 is 0 Å². The third kappa shape index (κ3) is 5.85. The standard InChI is InChI=1S/C20H24N4O3/c1-4-14-9-11-15(12-10-14)18(25)23-24-19(26)16-7-5-6-8-17(16)22-20(27)21-13(2)3/h5-13H,4H2,1-3H3,(H,23,25)(H,24,26)(H2,21,22,27). The van der Waals surface area contributed by atoms with Gasteiger partial charge in [-0.05, 0) is 50.1 Å². The second-order valence-corrected chi connectivity index (χ2v) is 6.26. The van der Waals surface area contributed by atoms with E-state index in [1.165, 1.54) is 0 Å². The lowest BCUT2D eigenvalue weighted by Gasteiger charge is -2.14. The Morgan fingerprint density at radius 3 is 2.15 bits per heavy atom. The Kier molecular flexibility index (Phi) is 6.93. The van der Waals surface area contributed by atoms with Gasteiger partial charge in [0.1, 0.15) is 0 Å². The maximum Gasteiger partial charge on any atom is 0.319 e. The number of anilines is 1. The molecule has 0 spiro atoms. The quantitative estimate of drug-likeness (QED) is 0.611. The Morgan fingerprint density at radius 1 is 0.889 bits per heavy atom. The largest absolute Gasteiger partial charge is 0.336 e. The van der Waals surface area contributed by atoms with E-state index in [9.17, 15) is 14.4 Å². The lowest BCUT2D eigenvalue weighted by atomic mass is 10.1. The molecule has 2 aromatic carbocycles. The molecule has 0 aliphatic carbocycles. The van der Waals surface area contributed by atoms with Crippen molar-refractivity contribution in [3.63, 3.8) is 0 Å². The van der Waals surface area contributed by atoms with Gasteiger partial charge in [0.2, 0.25) is 0 Å². The molecule has 7 nitrogen and oxygen atoms in total. The number of aryl methyl sites for hydroxylation is 1. The Balaban J connectivity index is 2.01. The predicted molar refractivity (Wildman–Crippen MR) is 104 cm³/mol. The minimum absolute atomic E-state index is 0.0376. The van der Waals surface area contributed by atoms with Crippen molar-refractivity contribution in [1.82, 2.24) is 16.2 Å². The van der Waals surface area contributed by atoms with Crippen LogP contribution in [0.1, 0.15) is 47.1 Å². The van der Waals surface area contributed by atoms with Crippen LogP contribution in [0.15, 0.2) is 48.5 Å². The number of hydrogen-bond acceptors (Lipinski definition) is 3. The van der Waals surface area contributed by atoms with Crippen molar-refractivity contribution >= 4 is 23.5 Å². The van der Waals surface area contributed by atoms with E-state index < -0.39 is 17.8 Å². The van der Waals surface area contributed by atoms with Crippen LogP contribution in [0.3, 0.4) is 0 Å². The lowest BCUT2D eigenvalue weighted by Crippen LogP contribution is -2.42. The van der Waals surface area contributed by atoms with Gasteiger partial charge in [0.05, 0.1) is 11.3 Å². The summed E-state index contributed by atoms with van der Waals surface area (Å²) >= 11 is 0. The molecule has 0 bridgehead atoms. The maximum absolute atomic E-state index is 12.4. The van der Waals surface area contributed by atoms with E-state index in [0.29, 0.717) is 11.3 Å². The monoisotopic (exact) mass is 368 g/mol. The molecule has 27 heavy (non-hydrogen) atoms. The van der Waals surface area contributed by atoms with Crippen molar-refractivity contribution in [3.8, 4) is 0 Å². The second-order valence-electron chi connectivity index (χ2n) is 6.26. The molecule has 0 atom stereocenters. The molecule has 0 aliphatic rings. The zero-order valence-electron chi connectivity index (χ0n) is 15.6. The summed E-state index contributed by atoms with van der Waals surface area (Å²) in [6.07, 6.45) is 0.882. The molecule has 0 fully saturated rings. The molecule has 0 aliphatic heterocycles. The molecule has 7 heteroatoms. The third-order valence-corrected chi connectivity index (χ3v) is 3.75. The van der Waals surface area contributed by atoms with E-state index in [0.717, 1.165) is 12.0 Å². The molecule has 0 unspecified atom stereocenters. The SMILES string of the molecule is CCc1ccc(C(=O)NNC(=O)c2ccccc2NC(=O)NC(C)C)cc1. The molecule has 2 aromatic rings. The summed E-state index contributed by atoms with van der Waals surface area (Å²) in [5.41, 5.74) is 6.89. The maximum atomic E-state index is 12.4. The first kappa shape index (κ1) is 20.0. The Morgan fingerprint density at radius 2 is 1.52 bits per heavy atom. The number of amides is 4. The Hall–Kier alpha value is -3.35. The Labute approximate surface area is 158 Å². The van der Waals surface area contributed by atoms with Crippen molar-refractivity contribution in [1.29, 1.82) is 0 Å². The first-order chi connectivity index (χ1) is 12.9. The zero-order valence-corrected chi connectivity index (χ0v) is 15.6. The lowest BCUT2D eigenvalue weighted by molar-refractivity contribution is 0.0847. The van der Waals surface area contributed by atoms with Crippen molar-refractivity contribution in [2.75, 3.05) is 5.32 Å². The second kappa shape index (κ2) is 9.38. The minimum Gasteiger partial charge on any atom is -0.336 e. The van der Waals surface area contributed by atoms with Crippen LogP contribution in [0.2, 0.25) is 0 Å². The van der Waals surface area contributed by atoms with E-state index in [1.54, 1.807) is 36.4 Å². The fourth-order valence-electron chi connectivity index (χ4n) is 2.36. The summed E-state index contributed by atoms with van der Waals surface area (Å²) in [5, 5.41) is 5.32. The zero-order chi connectivity index (χ0) is 19.8. The first-order valence-corrected chi connectivity index (χ1v) is 8.77. The number of hydrogen-bond donors (Lipinski definition) is 4. The summed E-state index contributed by atoms with van der Waals surface area (Å²) in [6.45, 7) is 5.70. The fraction of sp³-hybridized carbons (Fsp3) is 0.250. The molecule has 0 radical (unpaired) electrons. The van der Waals surface area contributed by atoms with Crippen molar-refractivity contribution in [2.45, 2.75) is 33.2 Å². The average Bonchev–Trinajstić information content (AvgIpc) is 2.65. The van der Waals surface area contributed by atoms with E-state index in [2.05, 4.69) is 21.5 Å². The van der Waals surface area contributed by atoms with Gasteiger partial charge in [0.15, 0.2) is 0 Å². The molecule has 142 valence electrons. The van der Waals surface area contributed by atoms with Crippen LogP contribution in [0.4, 0.5) is 10.5 Å². The molecule has 0 saturated carbocycles. The number of urea groups is 1. The van der Waals surface area contributed by atoms with Gasteiger partial charge in [-0.15, -0.1) is 0 Å². The Bertz CT molecular complexity index is 816. The minimum atomic E-state index is -0.533. The number of benzene rings is 2. The van der Waals surface area contributed by atoms with Crippen LogP contribution in [0.5, 0.6) is 0 Å². The highest BCUT2D eigenvalue weighted by atomic mass is 16.2. The van der Waals surface area contributed by atoms with Crippen LogP contribution in [-0.4, -0.2) is 23.9 Å². The van der Waals surface area contributed by atoms with Gasteiger partial charge >= 0.3 is 6.03 Å². The number of nitrogens with one attached hydrogen (secondary N) is 4. The topological polar surface area (TPSA) is 99.3 Å². The van der Waals surface area contributed by atoms with E-state index in [-0.39, 0.29) is 11.6 Å². The molecule has 0 aromatic heterocycles. The summed E-state index contributed by atoms with van der Waals surface area (Å²) in [4.78, 5) is 36.4. The van der Waals surface area contributed by atoms with Crippen LogP contribution in [-0.2, 0) is 6.42 Å². The van der Waals surface area contributed by atoms with Gasteiger partial charge in [-0.25, -0.2) is 4.79 Å². The predicted octanol–water partition coefficient (Wildman–Crippen LogP) is 2.85. The normalized spacial score (nSPS) is 10.2. The van der Waals surface area contributed by atoms with E-state index in [1.807, 2.05) is 32.9 Å². The summed E-state index contributed by atoms with van der Waals surface area (Å²) in [6, 6.07) is 13.2. The number of para-hydroxylation sites is 1. The third-order valence-electron chi connectivity index (χ3n) is 3.75. The highest BCUT2D eigenvalue weighted by Crippen LogP contribution is 2.14. The van der Waals surface area contributed by atoms with Gasteiger partial charge in [0.25, 0.3) is 11.8 Å². The van der Waals surface area contributed by atoms with Crippen molar-refractivity contribution in [3.05, 3.63) is 65.2 Å². The molecular formula is C20H24N4O3. The average molecular weight is 368 g/mol. The van der Waals surface area contributed by atoms with Crippen LogP contribution in [0.25, 0.3) is 0 Å². The highest BCUT2D eigenvalue weighted by Gasteiger charge is 2.14.